The van der Waals surface area contributed by atoms with Gasteiger partial charge in [-0.1, -0.05) is 54.1 Å². The molecule has 2 rings (SSSR count). The first-order chi connectivity index (χ1) is 10.1. The number of rotatable bonds is 5. The minimum absolute atomic E-state index is 0.177. The van der Waals surface area contributed by atoms with Crippen LogP contribution in [0.1, 0.15) is 22.8 Å². The van der Waals surface area contributed by atoms with Gasteiger partial charge in [0.15, 0.2) is 5.78 Å². The lowest BCUT2D eigenvalue weighted by molar-refractivity contribution is -0.123. The summed E-state index contributed by atoms with van der Waals surface area (Å²) in [7, 11) is 0. The molecule has 0 fully saturated rings. The van der Waals surface area contributed by atoms with Crippen LogP contribution in [0, 0.1) is 5.92 Å². The molecule has 0 aliphatic rings. The molecular weight excluding hydrogens is 286 g/mol. The fraction of sp³-hybridized carbons (Fsp3) is 0.176. The Balaban J connectivity index is 1.93. The molecule has 108 valence electrons. The zero-order valence-electron chi connectivity index (χ0n) is 11.7. The maximum atomic E-state index is 12.2. The van der Waals surface area contributed by atoms with E-state index in [0.717, 1.165) is 5.56 Å². The fourth-order valence-electron chi connectivity index (χ4n) is 1.92. The van der Waals surface area contributed by atoms with E-state index in [1.54, 1.807) is 43.3 Å². The smallest absolute Gasteiger partial charge is 0.230 e. The first kappa shape index (κ1) is 15.3. The number of benzene rings is 2. The van der Waals surface area contributed by atoms with E-state index in [1.807, 2.05) is 18.2 Å². The Hall–Kier alpha value is -2.13. The topological polar surface area (TPSA) is 46.2 Å². The lowest BCUT2D eigenvalue weighted by Crippen LogP contribution is -2.33. The van der Waals surface area contributed by atoms with Gasteiger partial charge in [0.05, 0.1) is 5.92 Å². The van der Waals surface area contributed by atoms with E-state index in [4.69, 9.17) is 11.6 Å². The van der Waals surface area contributed by atoms with Gasteiger partial charge in [-0.2, -0.15) is 0 Å². The van der Waals surface area contributed by atoms with Crippen molar-refractivity contribution in [2.45, 2.75) is 13.5 Å². The number of carbonyl (C=O) groups is 2. The monoisotopic (exact) mass is 301 g/mol. The highest BCUT2D eigenvalue weighted by molar-refractivity contribution is 6.30. The Morgan fingerprint density at radius 1 is 1.05 bits per heavy atom. The Kier molecular flexibility index (Phi) is 5.12. The van der Waals surface area contributed by atoms with Crippen LogP contribution in [0.25, 0.3) is 0 Å². The second-order valence-electron chi connectivity index (χ2n) is 4.80. The van der Waals surface area contributed by atoms with E-state index in [1.165, 1.54) is 0 Å². The van der Waals surface area contributed by atoms with Crippen LogP contribution in [0.4, 0.5) is 0 Å². The lowest BCUT2D eigenvalue weighted by atomic mass is 9.98. The predicted octanol–water partition coefficient (Wildman–Crippen LogP) is 3.48. The van der Waals surface area contributed by atoms with Gasteiger partial charge in [0, 0.05) is 17.1 Å². The fourth-order valence-corrected chi connectivity index (χ4v) is 2.04. The number of ketones is 1. The van der Waals surface area contributed by atoms with Crippen LogP contribution < -0.4 is 5.32 Å². The molecule has 0 aliphatic carbocycles. The first-order valence-corrected chi connectivity index (χ1v) is 7.07. The van der Waals surface area contributed by atoms with Crippen LogP contribution in [-0.2, 0) is 11.3 Å². The van der Waals surface area contributed by atoms with E-state index < -0.39 is 5.92 Å². The molecule has 2 aromatic carbocycles. The quantitative estimate of drug-likeness (QED) is 0.679. The third-order valence-electron chi connectivity index (χ3n) is 3.22. The van der Waals surface area contributed by atoms with E-state index in [0.29, 0.717) is 17.1 Å². The highest BCUT2D eigenvalue weighted by Crippen LogP contribution is 2.11. The van der Waals surface area contributed by atoms with Gasteiger partial charge in [0.2, 0.25) is 5.91 Å². The van der Waals surface area contributed by atoms with Crippen molar-refractivity contribution in [1.82, 2.24) is 5.32 Å². The van der Waals surface area contributed by atoms with Crippen LogP contribution in [0.15, 0.2) is 54.6 Å². The maximum absolute atomic E-state index is 12.2. The number of carbonyl (C=O) groups excluding carboxylic acids is 2. The minimum atomic E-state index is -0.709. The normalized spacial score (nSPS) is 11.7. The summed E-state index contributed by atoms with van der Waals surface area (Å²) < 4.78 is 0. The van der Waals surface area contributed by atoms with Crippen molar-refractivity contribution < 1.29 is 9.59 Å². The summed E-state index contributed by atoms with van der Waals surface area (Å²) in [6.07, 6.45) is 0. The molecular formula is C17H16ClNO2. The van der Waals surface area contributed by atoms with Crippen LogP contribution in [-0.4, -0.2) is 11.7 Å². The molecule has 1 unspecified atom stereocenters. The second-order valence-corrected chi connectivity index (χ2v) is 5.23. The highest BCUT2D eigenvalue weighted by atomic mass is 35.5. The first-order valence-electron chi connectivity index (χ1n) is 6.69. The molecule has 1 amide bonds. The van der Waals surface area contributed by atoms with E-state index in [9.17, 15) is 9.59 Å². The molecule has 0 aliphatic heterocycles. The molecule has 0 saturated carbocycles. The van der Waals surface area contributed by atoms with Crippen molar-refractivity contribution >= 4 is 23.3 Å². The van der Waals surface area contributed by atoms with E-state index in [-0.39, 0.29) is 11.7 Å². The highest BCUT2D eigenvalue weighted by Gasteiger charge is 2.22. The molecule has 1 atom stereocenters. The van der Waals surface area contributed by atoms with Crippen molar-refractivity contribution in [3.63, 3.8) is 0 Å². The van der Waals surface area contributed by atoms with Gasteiger partial charge < -0.3 is 5.32 Å². The zero-order valence-corrected chi connectivity index (χ0v) is 12.4. The molecule has 21 heavy (non-hydrogen) atoms. The zero-order chi connectivity index (χ0) is 15.2. The van der Waals surface area contributed by atoms with Gasteiger partial charge in [-0.15, -0.1) is 0 Å². The standard InChI is InChI=1S/C17H16ClNO2/c1-12(16(20)14-5-3-2-4-6-14)17(21)19-11-13-7-9-15(18)10-8-13/h2-10,12H,11H2,1H3,(H,19,21). The largest absolute Gasteiger partial charge is 0.351 e. The molecule has 0 spiro atoms. The summed E-state index contributed by atoms with van der Waals surface area (Å²) in [5, 5.41) is 3.42. The molecule has 3 nitrogen and oxygen atoms in total. The average molecular weight is 302 g/mol. The Morgan fingerprint density at radius 2 is 1.67 bits per heavy atom. The van der Waals surface area contributed by atoms with Gasteiger partial charge in [-0.3, -0.25) is 9.59 Å². The van der Waals surface area contributed by atoms with Crippen LogP contribution in [0.3, 0.4) is 0 Å². The number of Topliss-reactive ketones (excluding diaryl/α,β-unsaturated/α-hetero) is 1. The van der Waals surface area contributed by atoms with Gasteiger partial charge in [0.25, 0.3) is 0 Å². The summed E-state index contributed by atoms with van der Waals surface area (Å²) in [6, 6.07) is 16.0. The number of amides is 1. The van der Waals surface area contributed by atoms with Crippen molar-refractivity contribution in [3.05, 3.63) is 70.7 Å². The van der Waals surface area contributed by atoms with Crippen molar-refractivity contribution in [3.8, 4) is 0 Å². The molecule has 0 saturated heterocycles. The molecule has 0 heterocycles. The summed E-state index contributed by atoms with van der Waals surface area (Å²) in [6.45, 7) is 1.99. The summed E-state index contributed by atoms with van der Waals surface area (Å²) >= 11 is 5.80. The molecule has 0 bridgehead atoms. The van der Waals surface area contributed by atoms with Gasteiger partial charge >= 0.3 is 0 Å². The summed E-state index contributed by atoms with van der Waals surface area (Å²) in [5.74, 6) is -1.16. The molecule has 1 N–H and O–H groups in total. The van der Waals surface area contributed by atoms with Crippen LogP contribution in [0.5, 0.6) is 0 Å². The molecule has 0 radical (unpaired) electrons. The predicted molar refractivity (Wildman–Crippen MR) is 83.2 cm³/mol. The minimum Gasteiger partial charge on any atom is -0.351 e. The van der Waals surface area contributed by atoms with E-state index >= 15 is 0 Å². The van der Waals surface area contributed by atoms with Gasteiger partial charge in [0.1, 0.15) is 0 Å². The lowest BCUT2D eigenvalue weighted by Gasteiger charge is -2.11. The maximum Gasteiger partial charge on any atom is 0.230 e. The summed E-state index contributed by atoms with van der Waals surface area (Å²) in [5.41, 5.74) is 1.48. The van der Waals surface area contributed by atoms with Crippen LogP contribution in [0.2, 0.25) is 5.02 Å². The molecule has 4 heteroatoms. The van der Waals surface area contributed by atoms with Crippen molar-refractivity contribution in [2.75, 3.05) is 0 Å². The SMILES string of the molecule is CC(C(=O)NCc1ccc(Cl)cc1)C(=O)c1ccccc1. The van der Waals surface area contributed by atoms with Crippen molar-refractivity contribution in [1.29, 1.82) is 0 Å². The number of nitrogens with one attached hydrogen (secondary N) is 1. The third-order valence-corrected chi connectivity index (χ3v) is 3.48. The van der Waals surface area contributed by atoms with Gasteiger partial charge in [-0.25, -0.2) is 0 Å². The Morgan fingerprint density at radius 3 is 2.29 bits per heavy atom. The number of hydrogen-bond acceptors (Lipinski definition) is 2. The summed E-state index contributed by atoms with van der Waals surface area (Å²) in [4.78, 5) is 24.2. The molecule has 0 aromatic heterocycles. The molecule has 2 aromatic rings. The Bertz CT molecular complexity index is 623. The second kappa shape index (κ2) is 7.04. The Labute approximate surface area is 128 Å². The van der Waals surface area contributed by atoms with Gasteiger partial charge in [-0.05, 0) is 24.6 Å². The number of halogens is 1. The average Bonchev–Trinajstić information content (AvgIpc) is 2.53. The van der Waals surface area contributed by atoms with E-state index in [2.05, 4.69) is 5.32 Å². The van der Waals surface area contributed by atoms with Crippen LogP contribution >= 0.6 is 11.6 Å². The number of hydrogen-bond donors (Lipinski definition) is 1. The third kappa shape index (κ3) is 4.17. The van der Waals surface area contributed by atoms with Crippen molar-refractivity contribution in [2.24, 2.45) is 5.92 Å².